The Bertz CT molecular complexity index is 229. The molecule has 1 rings (SSSR count). The van der Waals surface area contributed by atoms with Gasteiger partial charge in [-0.15, -0.1) is 6.58 Å². The van der Waals surface area contributed by atoms with Crippen LogP contribution in [0, 0.1) is 17.3 Å². The van der Waals surface area contributed by atoms with E-state index < -0.39 is 0 Å². The monoisotopic (exact) mass is 194 g/mol. The van der Waals surface area contributed by atoms with Gasteiger partial charge in [0, 0.05) is 11.8 Å². The molecule has 0 aliphatic heterocycles. The topological polar surface area (TPSA) is 17.1 Å². The minimum Gasteiger partial charge on any atom is -0.299 e. The second-order valence-electron chi connectivity index (χ2n) is 5.06. The SMILES string of the molecule is C=CCC[C@@]1(C)C(=O)CC[C@@H]1C(C)C. The van der Waals surface area contributed by atoms with Gasteiger partial charge in [-0.2, -0.15) is 0 Å². The van der Waals surface area contributed by atoms with Crippen LogP contribution >= 0.6 is 0 Å². The summed E-state index contributed by atoms with van der Waals surface area (Å²) >= 11 is 0. The summed E-state index contributed by atoms with van der Waals surface area (Å²) in [6, 6.07) is 0. The summed E-state index contributed by atoms with van der Waals surface area (Å²) in [6.45, 7) is 10.3. The van der Waals surface area contributed by atoms with Crippen molar-refractivity contribution in [3.63, 3.8) is 0 Å². The lowest BCUT2D eigenvalue weighted by Gasteiger charge is -2.32. The first-order valence-electron chi connectivity index (χ1n) is 5.66. The van der Waals surface area contributed by atoms with Crippen LogP contribution in [0.2, 0.25) is 0 Å². The van der Waals surface area contributed by atoms with Gasteiger partial charge in [0.25, 0.3) is 0 Å². The molecule has 0 unspecified atom stereocenters. The molecule has 0 spiro atoms. The lowest BCUT2D eigenvalue weighted by atomic mass is 9.71. The van der Waals surface area contributed by atoms with Crippen LogP contribution in [0.5, 0.6) is 0 Å². The first-order valence-corrected chi connectivity index (χ1v) is 5.66. The normalized spacial score (nSPS) is 32.6. The highest BCUT2D eigenvalue weighted by Gasteiger charge is 2.45. The fraction of sp³-hybridized carbons (Fsp3) is 0.769. The van der Waals surface area contributed by atoms with Crippen molar-refractivity contribution >= 4 is 5.78 Å². The number of rotatable bonds is 4. The highest BCUT2D eigenvalue weighted by Crippen LogP contribution is 2.47. The first-order chi connectivity index (χ1) is 6.52. The Labute approximate surface area is 87.6 Å². The summed E-state index contributed by atoms with van der Waals surface area (Å²) in [5, 5.41) is 0. The van der Waals surface area contributed by atoms with E-state index >= 15 is 0 Å². The number of Topliss-reactive ketones (excluding diaryl/α,β-unsaturated/α-hetero) is 1. The quantitative estimate of drug-likeness (QED) is 0.625. The summed E-state index contributed by atoms with van der Waals surface area (Å²) in [7, 11) is 0. The summed E-state index contributed by atoms with van der Waals surface area (Å²) in [4.78, 5) is 11.9. The lowest BCUT2D eigenvalue weighted by molar-refractivity contribution is -0.127. The van der Waals surface area contributed by atoms with E-state index in [1.54, 1.807) is 0 Å². The van der Waals surface area contributed by atoms with Crippen molar-refractivity contribution in [3.05, 3.63) is 12.7 Å². The molecule has 1 saturated carbocycles. The van der Waals surface area contributed by atoms with Gasteiger partial charge in [-0.25, -0.2) is 0 Å². The fourth-order valence-electron chi connectivity index (χ4n) is 2.89. The van der Waals surface area contributed by atoms with Crippen LogP contribution in [0.3, 0.4) is 0 Å². The average molecular weight is 194 g/mol. The molecule has 0 saturated heterocycles. The third kappa shape index (κ3) is 1.92. The average Bonchev–Trinajstić information content (AvgIpc) is 2.41. The zero-order valence-corrected chi connectivity index (χ0v) is 9.68. The van der Waals surface area contributed by atoms with Gasteiger partial charge in [0.15, 0.2) is 0 Å². The Hall–Kier alpha value is -0.590. The maximum Gasteiger partial charge on any atom is 0.139 e. The molecule has 80 valence electrons. The van der Waals surface area contributed by atoms with Crippen LogP contribution in [0.15, 0.2) is 12.7 Å². The third-order valence-electron chi connectivity index (χ3n) is 3.81. The zero-order valence-electron chi connectivity index (χ0n) is 9.68. The van der Waals surface area contributed by atoms with E-state index in [9.17, 15) is 4.79 Å². The van der Waals surface area contributed by atoms with Crippen LogP contribution in [-0.4, -0.2) is 5.78 Å². The summed E-state index contributed by atoms with van der Waals surface area (Å²) in [5.74, 6) is 1.67. The van der Waals surface area contributed by atoms with Gasteiger partial charge in [-0.3, -0.25) is 4.79 Å². The number of hydrogen-bond donors (Lipinski definition) is 0. The minimum absolute atomic E-state index is 0.0671. The van der Waals surface area contributed by atoms with E-state index in [4.69, 9.17) is 0 Å². The van der Waals surface area contributed by atoms with Crippen molar-refractivity contribution in [2.75, 3.05) is 0 Å². The standard InChI is InChI=1S/C13H22O/c1-5-6-9-13(4)11(10(2)3)7-8-12(13)14/h5,10-11H,1,6-9H2,2-4H3/t11-,13-/m1/s1. The van der Waals surface area contributed by atoms with E-state index in [1.807, 2.05) is 6.08 Å². The van der Waals surface area contributed by atoms with Gasteiger partial charge in [-0.1, -0.05) is 26.8 Å². The Balaban J connectivity index is 2.77. The van der Waals surface area contributed by atoms with E-state index in [1.165, 1.54) is 0 Å². The van der Waals surface area contributed by atoms with Crippen LogP contribution in [0.25, 0.3) is 0 Å². The molecule has 0 bridgehead atoms. The van der Waals surface area contributed by atoms with E-state index in [2.05, 4.69) is 27.4 Å². The first kappa shape index (κ1) is 11.5. The fourth-order valence-corrected chi connectivity index (χ4v) is 2.89. The molecule has 1 aliphatic rings. The molecular weight excluding hydrogens is 172 g/mol. The maximum absolute atomic E-state index is 11.9. The Kier molecular flexibility index (Phi) is 3.52. The predicted molar refractivity (Wildman–Crippen MR) is 60.1 cm³/mol. The zero-order chi connectivity index (χ0) is 10.8. The summed E-state index contributed by atoms with van der Waals surface area (Å²) in [5.41, 5.74) is -0.0671. The smallest absolute Gasteiger partial charge is 0.139 e. The molecule has 1 heteroatoms. The molecule has 0 amide bonds. The number of hydrogen-bond acceptors (Lipinski definition) is 1. The molecule has 0 aromatic heterocycles. The number of carbonyl (C=O) groups is 1. The molecule has 0 N–H and O–H groups in total. The maximum atomic E-state index is 11.9. The van der Waals surface area contributed by atoms with Gasteiger partial charge in [0.2, 0.25) is 0 Å². The van der Waals surface area contributed by atoms with Crippen molar-refractivity contribution in [3.8, 4) is 0 Å². The second-order valence-corrected chi connectivity index (χ2v) is 5.06. The molecule has 0 aromatic carbocycles. The van der Waals surface area contributed by atoms with Crippen molar-refractivity contribution in [1.29, 1.82) is 0 Å². The highest BCUT2D eigenvalue weighted by molar-refractivity contribution is 5.86. The molecule has 0 heterocycles. The third-order valence-corrected chi connectivity index (χ3v) is 3.81. The Morgan fingerprint density at radius 1 is 1.64 bits per heavy atom. The van der Waals surface area contributed by atoms with Gasteiger partial charge in [0.1, 0.15) is 5.78 Å². The molecule has 1 nitrogen and oxygen atoms in total. The Morgan fingerprint density at radius 3 is 2.79 bits per heavy atom. The molecule has 14 heavy (non-hydrogen) atoms. The molecule has 0 radical (unpaired) electrons. The van der Waals surface area contributed by atoms with Crippen LogP contribution in [-0.2, 0) is 4.79 Å². The van der Waals surface area contributed by atoms with E-state index in [0.717, 1.165) is 25.7 Å². The van der Waals surface area contributed by atoms with E-state index in [0.29, 0.717) is 17.6 Å². The molecule has 1 fully saturated rings. The second kappa shape index (κ2) is 4.29. The van der Waals surface area contributed by atoms with Gasteiger partial charge in [0.05, 0.1) is 0 Å². The molecule has 1 aliphatic carbocycles. The number of allylic oxidation sites excluding steroid dienone is 1. The lowest BCUT2D eigenvalue weighted by Crippen LogP contribution is -2.31. The number of carbonyl (C=O) groups excluding carboxylic acids is 1. The van der Waals surface area contributed by atoms with Crippen molar-refractivity contribution in [2.24, 2.45) is 17.3 Å². The van der Waals surface area contributed by atoms with Gasteiger partial charge in [-0.05, 0) is 31.1 Å². The summed E-state index contributed by atoms with van der Waals surface area (Å²) in [6.07, 6.45) is 5.75. The van der Waals surface area contributed by atoms with Gasteiger partial charge >= 0.3 is 0 Å². The van der Waals surface area contributed by atoms with Crippen molar-refractivity contribution in [1.82, 2.24) is 0 Å². The van der Waals surface area contributed by atoms with Crippen LogP contribution in [0.4, 0.5) is 0 Å². The van der Waals surface area contributed by atoms with Crippen LogP contribution in [0.1, 0.15) is 46.5 Å². The predicted octanol–water partition coefficient (Wildman–Crippen LogP) is 3.59. The van der Waals surface area contributed by atoms with Crippen LogP contribution < -0.4 is 0 Å². The Morgan fingerprint density at radius 2 is 2.29 bits per heavy atom. The summed E-state index contributed by atoms with van der Waals surface area (Å²) < 4.78 is 0. The molecule has 2 atom stereocenters. The van der Waals surface area contributed by atoms with E-state index in [-0.39, 0.29) is 5.41 Å². The minimum atomic E-state index is -0.0671. The van der Waals surface area contributed by atoms with Gasteiger partial charge < -0.3 is 0 Å². The molecule has 0 aromatic rings. The van der Waals surface area contributed by atoms with Crippen molar-refractivity contribution < 1.29 is 4.79 Å². The largest absolute Gasteiger partial charge is 0.299 e. The van der Waals surface area contributed by atoms with Crippen molar-refractivity contribution in [2.45, 2.75) is 46.5 Å². The number of ketones is 1. The highest BCUT2D eigenvalue weighted by atomic mass is 16.1. The molecular formula is C13H22O.